The molecule has 184 valence electrons. The monoisotopic (exact) mass is 503 g/mol. The highest BCUT2D eigenvalue weighted by molar-refractivity contribution is 7.71. The maximum atomic E-state index is 14.9. The van der Waals surface area contributed by atoms with Crippen LogP contribution in [-0.4, -0.2) is 51.8 Å². The molecule has 0 bridgehead atoms. The van der Waals surface area contributed by atoms with Crippen molar-refractivity contribution in [3.05, 3.63) is 71.9 Å². The van der Waals surface area contributed by atoms with Crippen LogP contribution in [-0.2, 0) is 17.5 Å². The van der Waals surface area contributed by atoms with Gasteiger partial charge in [0.15, 0.2) is 0 Å². The summed E-state index contributed by atoms with van der Waals surface area (Å²) in [5.74, 6) is 0.320. The average molecular weight is 504 g/mol. The molecule has 0 saturated carbocycles. The number of hydrogen-bond acceptors (Lipinski definition) is 8. The van der Waals surface area contributed by atoms with Crippen molar-refractivity contribution in [1.29, 1.82) is 0 Å². The second kappa shape index (κ2) is 9.41. The van der Waals surface area contributed by atoms with Gasteiger partial charge in [-0.3, -0.25) is 9.97 Å². The summed E-state index contributed by atoms with van der Waals surface area (Å²) in [6, 6.07) is 7.04. The summed E-state index contributed by atoms with van der Waals surface area (Å²) in [6.07, 6.45) is 7.23. The first-order chi connectivity index (χ1) is 17.2. The smallest absolute Gasteiger partial charge is 0.229 e. The van der Waals surface area contributed by atoms with Gasteiger partial charge in [-0.15, -0.1) is 0 Å². The van der Waals surface area contributed by atoms with Gasteiger partial charge < -0.3 is 20.1 Å². The van der Waals surface area contributed by atoms with Crippen LogP contribution in [0.1, 0.15) is 16.7 Å². The summed E-state index contributed by atoms with van der Waals surface area (Å²) in [6.45, 7) is 8.91. The van der Waals surface area contributed by atoms with Crippen LogP contribution in [0.25, 0.3) is 17.1 Å². The van der Waals surface area contributed by atoms with Crippen molar-refractivity contribution in [3.8, 4) is 0 Å². The van der Waals surface area contributed by atoms with E-state index in [1.54, 1.807) is 44.1 Å². The van der Waals surface area contributed by atoms with Crippen LogP contribution in [0.4, 0.5) is 27.5 Å². The fourth-order valence-corrected chi connectivity index (χ4v) is 5.83. The Labute approximate surface area is 209 Å². The second-order valence-corrected chi connectivity index (χ2v) is 12.4. The molecule has 4 aromatic rings. The number of nitrogens with one attached hydrogen (secondary N) is 2. The molecular formula is C26H27FN7OP. The summed E-state index contributed by atoms with van der Waals surface area (Å²) in [5, 5.41) is 6.89. The minimum absolute atomic E-state index is 0.226. The lowest BCUT2D eigenvalue weighted by Gasteiger charge is -2.25. The molecule has 0 amide bonds. The van der Waals surface area contributed by atoms with Gasteiger partial charge >= 0.3 is 0 Å². The fourth-order valence-electron chi connectivity index (χ4n) is 4.43. The van der Waals surface area contributed by atoms with Gasteiger partial charge in [-0.1, -0.05) is 12.7 Å². The molecule has 0 unspecified atom stereocenters. The number of rotatable bonds is 6. The van der Waals surface area contributed by atoms with Crippen molar-refractivity contribution in [1.82, 2.24) is 24.8 Å². The van der Waals surface area contributed by atoms with Gasteiger partial charge in [-0.2, -0.15) is 4.98 Å². The van der Waals surface area contributed by atoms with Crippen LogP contribution in [0.5, 0.6) is 0 Å². The van der Waals surface area contributed by atoms with Gasteiger partial charge in [-0.05, 0) is 62.2 Å². The Morgan fingerprint density at radius 2 is 1.89 bits per heavy atom. The minimum atomic E-state index is -2.75. The third-order valence-corrected chi connectivity index (χ3v) is 7.71. The van der Waals surface area contributed by atoms with Crippen molar-refractivity contribution >= 4 is 52.7 Å². The van der Waals surface area contributed by atoms with Crippen LogP contribution < -0.4 is 15.9 Å². The van der Waals surface area contributed by atoms with Gasteiger partial charge in [-0.25, -0.2) is 9.37 Å². The largest absolute Gasteiger partial charge is 0.339 e. The molecule has 5 rings (SSSR count). The number of nitrogens with zero attached hydrogens (tertiary/aromatic N) is 5. The highest BCUT2D eigenvalue weighted by Crippen LogP contribution is 2.41. The molecule has 0 fully saturated rings. The Hall–Kier alpha value is -3.68. The van der Waals surface area contributed by atoms with Crippen molar-refractivity contribution in [2.75, 3.05) is 37.6 Å². The zero-order chi connectivity index (χ0) is 25.4. The van der Waals surface area contributed by atoms with E-state index in [2.05, 4.69) is 42.0 Å². The van der Waals surface area contributed by atoms with Gasteiger partial charge in [0.05, 0.1) is 22.2 Å². The maximum Gasteiger partial charge on any atom is 0.229 e. The quantitative estimate of drug-likeness (QED) is 0.358. The number of benzene rings is 2. The number of aromatic nitrogens is 4. The number of anilines is 4. The molecule has 2 aromatic carbocycles. The van der Waals surface area contributed by atoms with Crippen LogP contribution in [0.2, 0.25) is 0 Å². The molecule has 1 aliphatic heterocycles. The van der Waals surface area contributed by atoms with E-state index in [0.29, 0.717) is 39.1 Å². The lowest BCUT2D eigenvalue weighted by Crippen LogP contribution is -2.26. The molecule has 1 aliphatic rings. The first kappa shape index (κ1) is 24.0. The number of fused-ring (bicyclic) bond motifs is 2. The number of hydrogen-bond donors (Lipinski definition) is 2. The molecule has 8 nitrogen and oxygen atoms in total. The standard InChI is InChI=1S/C26H27FN7OP/c1-5-16-14-30-26(32-22-13-18-15-34(2)11-8-17(18)12-19(22)27)33-25(16)31-21-7-6-20-23(29-10-9-28-20)24(21)36(3,4)35/h5-7,9-10,12-14H,1,8,11,15H2,2-4H3,(H2,30,31,32,33). The average Bonchev–Trinajstić information content (AvgIpc) is 2.84. The van der Waals surface area contributed by atoms with Crippen molar-refractivity contribution < 1.29 is 8.96 Å². The third kappa shape index (κ3) is 4.72. The van der Waals surface area contributed by atoms with Crippen LogP contribution >= 0.6 is 7.14 Å². The van der Waals surface area contributed by atoms with Gasteiger partial charge in [0.2, 0.25) is 5.95 Å². The molecule has 10 heteroatoms. The molecule has 0 radical (unpaired) electrons. The van der Waals surface area contributed by atoms with E-state index in [1.165, 1.54) is 0 Å². The van der Waals surface area contributed by atoms with Crippen LogP contribution in [0.3, 0.4) is 0 Å². The molecule has 2 aromatic heterocycles. The summed E-state index contributed by atoms with van der Waals surface area (Å²) >= 11 is 0. The van der Waals surface area contributed by atoms with Gasteiger partial charge in [0.1, 0.15) is 24.3 Å². The third-order valence-electron chi connectivity index (χ3n) is 6.18. The molecular weight excluding hydrogens is 476 g/mol. The van der Waals surface area contributed by atoms with E-state index in [-0.39, 0.29) is 11.8 Å². The summed E-state index contributed by atoms with van der Waals surface area (Å²) in [7, 11) is -0.707. The molecule has 0 aliphatic carbocycles. The highest BCUT2D eigenvalue weighted by Gasteiger charge is 2.23. The van der Waals surface area contributed by atoms with E-state index in [9.17, 15) is 8.96 Å². The normalized spacial score (nSPS) is 13.9. The van der Waals surface area contributed by atoms with E-state index >= 15 is 0 Å². The summed E-state index contributed by atoms with van der Waals surface area (Å²) < 4.78 is 28.1. The Morgan fingerprint density at radius 1 is 1.08 bits per heavy atom. The van der Waals surface area contributed by atoms with Crippen molar-refractivity contribution in [2.45, 2.75) is 13.0 Å². The predicted molar refractivity (Wildman–Crippen MR) is 144 cm³/mol. The number of halogens is 1. The highest BCUT2D eigenvalue weighted by atomic mass is 31.2. The van der Waals surface area contributed by atoms with Crippen molar-refractivity contribution in [3.63, 3.8) is 0 Å². The van der Waals surface area contributed by atoms with Crippen molar-refractivity contribution in [2.24, 2.45) is 0 Å². The lowest BCUT2D eigenvalue weighted by atomic mass is 9.99. The zero-order valence-electron chi connectivity index (χ0n) is 20.4. The second-order valence-electron chi connectivity index (χ2n) is 9.28. The lowest BCUT2D eigenvalue weighted by molar-refractivity contribution is 0.312. The van der Waals surface area contributed by atoms with E-state index in [0.717, 1.165) is 30.6 Å². The van der Waals surface area contributed by atoms with Gasteiger partial charge in [0.25, 0.3) is 0 Å². The van der Waals surface area contributed by atoms with Gasteiger partial charge in [0, 0.05) is 37.2 Å². The summed E-state index contributed by atoms with van der Waals surface area (Å²) in [4.78, 5) is 19.9. The Kier molecular flexibility index (Phi) is 6.28. The molecule has 0 atom stereocenters. The molecule has 36 heavy (non-hydrogen) atoms. The number of likely N-dealkylation sites (N-methyl/N-ethyl adjacent to an activating group) is 1. The molecule has 0 spiro atoms. The Morgan fingerprint density at radius 3 is 2.67 bits per heavy atom. The van der Waals surface area contributed by atoms with Crippen LogP contribution in [0.15, 0.2) is 49.4 Å². The Balaban J connectivity index is 1.52. The minimum Gasteiger partial charge on any atom is -0.339 e. The summed E-state index contributed by atoms with van der Waals surface area (Å²) in [5.41, 5.74) is 4.89. The molecule has 3 heterocycles. The molecule has 0 saturated heterocycles. The van der Waals surface area contributed by atoms with E-state index in [1.807, 2.05) is 25.2 Å². The first-order valence-corrected chi connectivity index (χ1v) is 14.2. The fraction of sp³-hybridized carbons (Fsp3) is 0.231. The first-order valence-electron chi connectivity index (χ1n) is 11.6. The molecule has 2 N–H and O–H groups in total. The zero-order valence-corrected chi connectivity index (χ0v) is 21.3. The predicted octanol–water partition coefficient (Wildman–Crippen LogP) is 4.93. The van der Waals surface area contributed by atoms with Crippen LogP contribution in [0, 0.1) is 5.82 Å². The van der Waals surface area contributed by atoms with E-state index in [4.69, 9.17) is 0 Å². The Bertz CT molecular complexity index is 1530. The maximum absolute atomic E-state index is 14.9. The topological polar surface area (TPSA) is 95.9 Å². The van der Waals surface area contributed by atoms with E-state index < -0.39 is 7.14 Å². The SMILES string of the molecule is C=Cc1cnc(Nc2cc3c(cc2F)CCN(C)C3)nc1Nc1ccc2nccnc2c1P(C)(C)=O.